The molecule has 0 unspecified atom stereocenters. The molecule has 3 heterocycles. The minimum Gasteiger partial charge on any atom is -0.493 e. The highest BCUT2D eigenvalue weighted by Gasteiger charge is 2.45. The Labute approximate surface area is 225 Å². The maximum absolute atomic E-state index is 13.8. The van der Waals surface area contributed by atoms with Crippen molar-refractivity contribution in [2.24, 2.45) is 0 Å². The summed E-state index contributed by atoms with van der Waals surface area (Å²) >= 11 is 6.17. The summed E-state index contributed by atoms with van der Waals surface area (Å²) in [6.45, 7) is 0.871. The van der Waals surface area contributed by atoms with Crippen LogP contribution in [0.3, 0.4) is 0 Å². The number of carbonyl (C=O) groups is 1. The molecule has 3 aliphatic rings. The number of ether oxygens (including phenoxy) is 6. The van der Waals surface area contributed by atoms with E-state index >= 15 is 0 Å². The highest BCUT2D eigenvalue weighted by molar-refractivity contribution is 6.30. The zero-order chi connectivity index (χ0) is 26.4. The minimum atomic E-state index is -0.526. The first-order valence-electron chi connectivity index (χ1n) is 12.2. The van der Waals surface area contributed by atoms with E-state index in [9.17, 15) is 4.79 Å². The molecule has 2 amide bonds. The van der Waals surface area contributed by atoms with Crippen LogP contribution in [0.25, 0.3) is 0 Å². The SMILES string of the molecule is COc1ccc2c(c1OC)CO[C@@H]2[C@H]1c2c(cc3c(c2OC)OCO3)CCN1C(=O)Nc1cccc(Cl)c1. The molecular weight excluding hydrogens is 512 g/mol. The van der Waals surface area contributed by atoms with Crippen molar-refractivity contribution in [3.63, 3.8) is 0 Å². The van der Waals surface area contributed by atoms with Crippen LogP contribution in [0, 0.1) is 0 Å². The van der Waals surface area contributed by atoms with Crippen LogP contribution in [0.2, 0.25) is 5.02 Å². The van der Waals surface area contributed by atoms with E-state index in [0.717, 1.165) is 22.3 Å². The Kier molecular flexibility index (Phi) is 6.33. The molecule has 10 heteroatoms. The number of urea groups is 1. The minimum absolute atomic E-state index is 0.109. The second-order valence-corrected chi connectivity index (χ2v) is 9.58. The normalized spacial score (nSPS) is 19.0. The van der Waals surface area contributed by atoms with Crippen molar-refractivity contribution < 1.29 is 33.2 Å². The van der Waals surface area contributed by atoms with Crippen LogP contribution in [-0.4, -0.2) is 45.6 Å². The van der Waals surface area contributed by atoms with Gasteiger partial charge in [0, 0.05) is 28.4 Å². The van der Waals surface area contributed by atoms with Crippen molar-refractivity contribution in [1.29, 1.82) is 0 Å². The standard InChI is InChI=1S/C28H27ClN2O7/c1-33-20-8-7-18-19(24(20)34-2)13-36-25(18)23-22-15(11-21-26(27(22)35-3)38-14-37-21)9-10-31(23)28(32)30-17-6-4-5-16(29)12-17/h4-8,11-12,23,25H,9-10,13-14H2,1-3H3,(H,30,32)/t23-,25+/m1/s1. The Morgan fingerprint density at radius 2 is 1.89 bits per heavy atom. The van der Waals surface area contributed by atoms with Crippen molar-refractivity contribution in [3.8, 4) is 28.7 Å². The van der Waals surface area contributed by atoms with Gasteiger partial charge in [-0.2, -0.15) is 0 Å². The molecule has 0 fully saturated rings. The van der Waals surface area contributed by atoms with Crippen LogP contribution >= 0.6 is 11.6 Å². The highest BCUT2D eigenvalue weighted by Crippen LogP contribution is 2.55. The molecule has 3 aromatic carbocycles. The fraction of sp³-hybridized carbons (Fsp3) is 0.321. The fourth-order valence-electron chi connectivity index (χ4n) is 5.60. The average Bonchev–Trinajstić information content (AvgIpc) is 3.57. The quantitative estimate of drug-likeness (QED) is 0.459. The highest BCUT2D eigenvalue weighted by atomic mass is 35.5. The van der Waals surface area contributed by atoms with E-state index in [0.29, 0.717) is 59.0 Å². The number of nitrogens with one attached hydrogen (secondary N) is 1. The van der Waals surface area contributed by atoms with Crippen molar-refractivity contribution in [1.82, 2.24) is 4.90 Å². The summed E-state index contributed by atoms with van der Waals surface area (Å²) in [5.74, 6) is 2.94. The smallest absolute Gasteiger partial charge is 0.322 e. The van der Waals surface area contributed by atoms with Gasteiger partial charge in [-0.3, -0.25) is 0 Å². The maximum Gasteiger partial charge on any atom is 0.322 e. The molecule has 0 spiro atoms. The monoisotopic (exact) mass is 538 g/mol. The molecule has 38 heavy (non-hydrogen) atoms. The second kappa shape index (κ2) is 9.81. The van der Waals surface area contributed by atoms with Gasteiger partial charge in [0.05, 0.1) is 34.0 Å². The summed E-state index contributed by atoms with van der Waals surface area (Å²) in [5.41, 5.74) is 4.25. The molecule has 0 saturated heterocycles. The molecule has 6 rings (SSSR count). The number of methoxy groups -OCH3 is 3. The Bertz CT molecular complexity index is 1410. The van der Waals surface area contributed by atoms with E-state index in [1.165, 1.54) is 0 Å². The van der Waals surface area contributed by atoms with Crippen molar-refractivity contribution in [2.75, 3.05) is 40.0 Å². The van der Waals surface area contributed by atoms with Gasteiger partial charge in [-0.15, -0.1) is 0 Å². The van der Waals surface area contributed by atoms with Gasteiger partial charge in [0.25, 0.3) is 0 Å². The first kappa shape index (κ1) is 24.5. The molecule has 9 nitrogen and oxygen atoms in total. The van der Waals surface area contributed by atoms with Gasteiger partial charge in [-0.1, -0.05) is 23.7 Å². The molecule has 0 saturated carbocycles. The van der Waals surface area contributed by atoms with Crippen LogP contribution in [0.5, 0.6) is 28.7 Å². The summed E-state index contributed by atoms with van der Waals surface area (Å²) in [4.78, 5) is 15.6. The van der Waals surface area contributed by atoms with Crippen LogP contribution in [0.1, 0.15) is 34.4 Å². The zero-order valence-electron chi connectivity index (χ0n) is 21.2. The van der Waals surface area contributed by atoms with Gasteiger partial charge in [0.2, 0.25) is 12.5 Å². The molecular formula is C28H27ClN2O7. The van der Waals surface area contributed by atoms with Crippen molar-refractivity contribution in [2.45, 2.75) is 25.2 Å². The number of hydrogen-bond acceptors (Lipinski definition) is 7. The first-order valence-corrected chi connectivity index (χ1v) is 12.6. The Morgan fingerprint density at radius 1 is 1.05 bits per heavy atom. The summed E-state index contributed by atoms with van der Waals surface area (Å²) in [6, 6.07) is 12.1. The number of rotatable bonds is 5. The van der Waals surface area contributed by atoms with E-state index in [2.05, 4.69) is 5.32 Å². The van der Waals surface area contributed by atoms with E-state index in [4.69, 9.17) is 40.0 Å². The van der Waals surface area contributed by atoms with Gasteiger partial charge in [0.15, 0.2) is 23.0 Å². The van der Waals surface area contributed by atoms with Gasteiger partial charge in [0.1, 0.15) is 6.10 Å². The molecule has 198 valence electrons. The summed E-state index contributed by atoms with van der Waals surface area (Å²) in [5, 5.41) is 3.53. The molecule has 0 radical (unpaired) electrons. The molecule has 1 N–H and O–H groups in total. The lowest BCUT2D eigenvalue weighted by Crippen LogP contribution is -2.45. The molecule has 0 aromatic heterocycles. The summed E-state index contributed by atoms with van der Waals surface area (Å²) in [6.07, 6.45) is 0.107. The Morgan fingerprint density at radius 3 is 2.66 bits per heavy atom. The van der Waals surface area contributed by atoms with Gasteiger partial charge in [-0.25, -0.2) is 4.79 Å². The third-order valence-corrected chi connectivity index (χ3v) is 7.46. The van der Waals surface area contributed by atoms with E-state index < -0.39 is 12.1 Å². The van der Waals surface area contributed by atoms with Crippen molar-refractivity contribution in [3.05, 3.63) is 69.7 Å². The lowest BCUT2D eigenvalue weighted by molar-refractivity contribution is 0.00158. The third kappa shape index (κ3) is 3.93. The molecule has 3 aromatic rings. The first-order chi connectivity index (χ1) is 18.5. The molecule has 3 aliphatic heterocycles. The number of anilines is 1. The van der Waals surface area contributed by atoms with Crippen LogP contribution < -0.4 is 29.0 Å². The predicted molar refractivity (Wildman–Crippen MR) is 140 cm³/mol. The van der Waals surface area contributed by atoms with Gasteiger partial charge < -0.3 is 38.6 Å². The van der Waals surface area contributed by atoms with Crippen LogP contribution in [-0.2, 0) is 17.8 Å². The number of benzene rings is 3. The number of fused-ring (bicyclic) bond motifs is 3. The van der Waals surface area contributed by atoms with Crippen LogP contribution in [0.15, 0.2) is 42.5 Å². The van der Waals surface area contributed by atoms with E-state index in [1.807, 2.05) is 18.2 Å². The number of carbonyl (C=O) groups excluding carboxylic acids is 1. The maximum atomic E-state index is 13.8. The zero-order valence-corrected chi connectivity index (χ0v) is 22.0. The lowest BCUT2D eigenvalue weighted by Gasteiger charge is -2.41. The Hall–Kier alpha value is -3.82. The fourth-order valence-corrected chi connectivity index (χ4v) is 5.79. The number of halogens is 1. The van der Waals surface area contributed by atoms with E-state index in [1.54, 1.807) is 50.5 Å². The second-order valence-electron chi connectivity index (χ2n) is 9.15. The summed E-state index contributed by atoms with van der Waals surface area (Å²) in [7, 11) is 4.80. The summed E-state index contributed by atoms with van der Waals surface area (Å²) < 4.78 is 35.0. The number of hydrogen-bond donors (Lipinski definition) is 1. The van der Waals surface area contributed by atoms with E-state index in [-0.39, 0.29) is 12.8 Å². The molecule has 0 bridgehead atoms. The lowest BCUT2D eigenvalue weighted by atomic mass is 9.85. The average molecular weight is 539 g/mol. The predicted octanol–water partition coefficient (Wildman–Crippen LogP) is 5.50. The van der Waals surface area contributed by atoms with Gasteiger partial charge in [-0.05, 0) is 47.9 Å². The number of amides is 2. The molecule has 2 atom stereocenters. The largest absolute Gasteiger partial charge is 0.493 e. The van der Waals surface area contributed by atoms with Crippen molar-refractivity contribution >= 4 is 23.3 Å². The Balaban J connectivity index is 1.48. The third-order valence-electron chi connectivity index (χ3n) is 7.22. The topological polar surface area (TPSA) is 87.7 Å². The van der Waals surface area contributed by atoms with Crippen LogP contribution in [0.4, 0.5) is 10.5 Å². The van der Waals surface area contributed by atoms with Gasteiger partial charge >= 0.3 is 6.03 Å². The number of nitrogens with zero attached hydrogens (tertiary/aromatic N) is 1. The molecule has 0 aliphatic carbocycles.